The van der Waals surface area contributed by atoms with E-state index in [-0.39, 0.29) is 5.91 Å². The number of carbonyl (C=O) groups excluding carboxylic acids is 1. The van der Waals surface area contributed by atoms with Crippen LogP contribution < -0.4 is 0 Å². The Hall–Kier alpha value is -2.89. The Morgan fingerprint density at radius 1 is 1.11 bits per heavy atom. The van der Waals surface area contributed by atoms with Gasteiger partial charge in [0.2, 0.25) is 0 Å². The summed E-state index contributed by atoms with van der Waals surface area (Å²) in [6.45, 7) is 5.13. The Morgan fingerprint density at radius 2 is 1.89 bits per heavy atom. The Labute approximate surface area is 159 Å². The SMILES string of the molecule is CCn1ccc(C(=O)N2CCC(c3nccn3Cc3ccccc3)CC2)n1. The van der Waals surface area contributed by atoms with E-state index in [1.807, 2.05) is 36.4 Å². The highest BCUT2D eigenvalue weighted by Crippen LogP contribution is 2.28. The van der Waals surface area contributed by atoms with Crippen molar-refractivity contribution in [2.75, 3.05) is 13.1 Å². The summed E-state index contributed by atoms with van der Waals surface area (Å²) < 4.78 is 4.03. The van der Waals surface area contributed by atoms with Gasteiger partial charge in [0.15, 0.2) is 0 Å². The van der Waals surface area contributed by atoms with Crippen LogP contribution >= 0.6 is 0 Å². The molecule has 27 heavy (non-hydrogen) atoms. The van der Waals surface area contributed by atoms with Gasteiger partial charge in [-0.2, -0.15) is 5.10 Å². The van der Waals surface area contributed by atoms with Crippen LogP contribution in [0.5, 0.6) is 0 Å². The zero-order valence-electron chi connectivity index (χ0n) is 15.7. The molecule has 2 aromatic heterocycles. The zero-order valence-corrected chi connectivity index (χ0v) is 15.7. The van der Waals surface area contributed by atoms with Crippen LogP contribution in [0.2, 0.25) is 0 Å². The van der Waals surface area contributed by atoms with Crippen molar-refractivity contribution in [3.8, 4) is 0 Å². The standard InChI is InChI=1S/C21H25N5O/c1-2-26-14-10-19(23-26)21(27)24-12-8-18(9-13-24)20-22-11-15-25(20)16-17-6-4-3-5-7-17/h3-7,10-11,14-15,18H,2,8-9,12-13,16H2,1H3. The molecule has 3 heterocycles. The highest BCUT2D eigenvalue weighted by molar-refractivity contribution is 5.92. The summed E-state index contributed by atoms with van der Waals surface area (Å²) in [7, 11) is 0. The smallest absolute Gasteiger partial charge is 0.274 e. The highest BCUT2D eigenvalue weighted by atomic mass is 16.2. The van der Waals surface area contributed by atoms with Crippen LogP contribution in [0.25, 0.3) is 0 Å². The number of hydrogen-bond acceptors (Lipinski definition) is 3. The molecule has 1 aromatic carbocycles. The molecule has 1 saturated heterocycles. The summed E-state index contributed by atoms with van der Waals surface area (Å²) in [5.74, 6) is 1.55. The molecule has 6 heteroatoms. The third-order valence-corrected chi connectivity index (χ3v) is 5.27. The molecule has 0 spiro atoms. The Kier molecular flexibility index (Phi) is 5.05. The van der Waals surface area contributed by atoms with Gasteiger partial charge in [-0.15, -0.1) is 0 Å². The van der Waals surface area contributed by atoms with Crippen molar-refractivity contribution in [2.45, 2.75) is 38.8 Å². The monoisotopic (exact) mass is 363 g/mol. The number of aromatic nitrogens is 4. The number of imidazole rings is 1. The second-order valence-corrected chi connectivity index (χ2v) is 7.02. The van der Waals surface area contributed by atoms with E-state index >= 15 is 0 Å². The summed E-state index contributed by atoms with van der Waals surface area (Å²) >= 11 is 0. The number of hydrogen-bond donors (Lipinski definition) is 0. The first-order valence-electron chi connectivity index (χ1n) is 9.62. The number of benzene rings is 1. The molecular formula is C21H25N5O. The van der Waals surface area contributed by atoms with Crippen molar-refractivity contribution in [1.29, 1.82) is 0 Å². The molecule has 0 radical (unpaired) electrons. The van der Waals surface area contributed by atoms with Crippen molar-refractivity contribution in [3.63, 3.8) is 0 Å². The fourth-order valence-electron chi connectivity index (χ4n) is 3.75. The second kappa shape index (κ2) is 7.78. The van der Waals surface area contributed by atoms with Crippen LogP contribution in [-0.2, 0) is 13.1 Å². The van der Waals surface area contributed by atoms with Gasteiger partial charge in [0, 0.05) is 50.7 Å². The number of piperidine rings is 1. The van der Waals surface area contributed by atoms with Crippen LogP contribution in [0.15, 0.2) is 55.0 Å². The molecule has 0 unspecified atom stereocenters. The van der Waals surface area contributed by atoms with Crippen LogP contribution in [0.3, 0.4) is 0 Å². The molecule has 0 N–H and O–H groups in total. The van der Waals surface area contributed by atoms with Crippen molar-refractivity contribution in [3.05, 3.63) is 72.1 Å². The molecule has 1 aliphatic heterocycles. The number of carbonyl (C=O) groups is 1. The molecule has 3 aromatic rings. The van der Waals surface area contributed by atoms with E-state index in [1.165, 1.54) is 5.56 Å². The lowest BCUT2D eigenvalue weighted by molar-refractivity contribution is 0.0703. The second-order valence-electron chi connectivity index (χ2n) is 7.02. The van der Waals surface area contributed by atoms with Crippen molar-refractivity contribution < 1.29 is 4.79 Å². The quantitative estimate of drug-likeness (QED) is 0.700. The Bertz CT molecular complexity index is 890. The predicted molar refractivity (Wildman–Crippen MR) is 104 cm³/mol. The van der Waals surface area contributed by atoms with E-state index in [2.05, 4.69) is 45.1 Å². The van der Waals surface area contributed by atoms with Gasteiger partial charge in [0.1, 0.15) is 11.5 Å². The van der Waals surface area contributed by atoms with Gasteiger partial charge in [-0.25, -0.2) is 4.98 Å². The largest absolute Gasteiger partial charge is 0.337 e. The Morgan fingerprint density at radius 3 is 2.59 bits per heavy atom. The lowest BCUT2D eigenvalue weighted by Crippen LogP contribution is -2.38. The van der Waals surface area contributed by atoms with Crippen LogP contribution in [-0.4, -0.2) is 43.2 Å². The van der Waals surface area contributed by atoms with E-state index in [0.29, 0.717) is 11.6 Å². The number of nitrogens with zero attached hydrogens (tertiary/aromatic N) is 5. The van der Waals surface area contributed by atoms with E-state index < -0.39 is 0 Å². The lowest BCUT2D eigenvalue weighted by atomic mass is 9.95. The average molecular weight is 363 g/mol. The van der Waals surface area contributed by atoms with Gasteiger partial charge in [0.05, 0.1) is 0 Å². The van der Waals surface area contributed by atoms with Gasteiger partial charge in [-0.05, 0) is 31.4 Å². The van der Waals surface area contributed by atoms with Crippen LogP contribution in [0.4, 0.5) is 0 Å². The minimum absolute atomic E-state index is 0.0354. The molecular weight excluding hydrogens is 338 g/mol. The fourth-order valence-corrected chi connectivity index (χ4v) is 3.75. The molecule has 0 bridgehead atoms. The summed E-state index contributed by atoms with van der Waals surface area (Å²) in [5.41, 5.74) is 1.82. The maximum absolute atomic E-state index is 12.7. The molecule has 1 aliphatic rings. The molecule has 140 valence electrons. The first kappa shape index (κ1) is 17.5. The summed E-state index contributed by atoms with van der Waals surface area (Å²) in [4.78, 5) is 19.2. The maximum atomic E-state index is 12.7. The Balaban J connectivity index is 1.40. The zero-order chi connectivity index (χ0) is 18.6. The normalized spacial score (nSPS) is 15.2. The van der Waals surface area contributed by atoms with Gasteiger partial charge in [-0.1, -0.05) is 30.3 Å². The topological polar surface area (TPSA) is 56.0 Å². The third-order valence-electron chi connectivity index (χ3n) is 5.27. The third kappa shape index (κ3) is 3.79. The first-order valence-corrected chi connectivity index (χ1v) is 9.62. The molecule has 4 rings (SSSR count). The van der Waals surface area contributed by atoms with Crippen LogP contribution in [0.1, 0.15) is 47.6 Å². The minimum atomic E-state index is 0.0354. The number of rotatable bonds is 5. The minimum Gasteiger partial charge on any atom is -0.337 e. The van der Waals surface area contributed by atoms with Gasteiger partial charge in [0.25, 0.3) is 5.91 Å². The number of likely N-dealkylation sites (tertiary alicyclic amines) is 1. The van der Waals surface area contributed by atoms with E-state index in [0.717, 1.165) is 44.8 Å². The van der Waals surface area contributed by atoms with Gasteiger partial charge >= 0.3 is 0 Å². The van der Waals surface area contributed by atoms with Crippen molar-refractivity contribution in [2.24, 2.45) is 0 Å². The predicted octanol–water partition coefficient (Wildman–Crippen LogP) is 3.17. The number of amides is 1. The molecule has 0 atom stereocenters. The first-order chi connectivity index (χ1) is 13.2. The van der Waals surface area contributed by atoms with Crippen LogP contribution in [0, 0.1) is 0 Å². The average Bonchev–Trinajstić information content (AvgIpc) is 3.38. The molecule has 0 saturated carbocycles. The summed E-state index contributed by atoms with van der Waals surface area (Å²) in [5, 5.41) is 4.34. The molecule has 0 aliphatic carbocycles. The molecule has 6 nitrogen and oxygen atoms in total. The summed E-state index contributed by atoms with van der Waals surface area (Å²) in [6.07, 6.45) is 7.67. The van der Waals surface area contributed by atoms with Crippen molar-refractivity contribution in [1.82, 2.24) is 24.2 Å². The van der Waals surface area contributed by atoms with E-state index in [4.69, 9.17) is 0 Å². The van der Waals surface area contributed by atoms with Gasteiger partial charge in [-0.3, -0.25) is 9.48 Å². The van der Waals surface area contributed by atoms with Crippen molar-refractivity contribution >= 4 is 5.91 Å². The van der Waals surface area contributed by atoms with Gasteiger partial charge < -0.3 is 9.47 Å². The molecule has 1 amide bonds. The maximum Gasteiger partial charge on any atom is 0.274 e. The summed E-state index contributed by atoms with van der Waals surface area (Å²) in [6, 6.07) is 12.3. The van der Waals surface area contributed by atoms with E-state index in [1.54, 1.807) is 4.68 Å². The van der Waals surface area contributed by atoms with E-state index in [9.17, 15) is 4.79 Å². The molecule has 1 fully saturated rings. The lowest BCUT2D eigenvalue weighted by Gasteiger charge is -2.31. The highest BCUT2D eigenvalue weighted by Gasteiger charge is 2.27. The fraction of sp³-hybridized carbons (Fsp3) is 0.381. The number of aryl methyl sites for hydroxylation is 1.